The molecule has 2 N–H and O–H groups in total. The molecule has 0 saturated heterocycles. The highest BCUT2D eigenvalue weighted by Gasteiger charge is 2.01. The number of aryl methyl sites for hydroxylation is 1. The van der Waals surface area contributed by atoms with E-state index in [0.29, 0.717) is 12.5 Å². The molecule has 0 aliphatic rings. The summed E-state index contributed by atoms with van der Waals surface area (Å²) in [6.07, 6.45) is 1.81. The second-order valence-corrected chi connectivity index (χ2v) is 4.74. The molecule has 19 heavy (non-hydrogen) atoms. The Bertz CT molecular complexity index is 391. The Kier molecular flexibility index (Phi) is 9.55. The minimum atomic E-state index is 0. The normalized spacial score (nSPS) is 11.1. The van der Waals surface area contributed by atoms with Gasteiger partial charge in [0.25, 0.3) is 0 Å². The number of hydrogen-bond donors (Lipinski definition) is 2. The monoisotopic (exact) mass is 376 g/mol. The van der Waals surface area contributed by atoms with Crippen LogP contribution in [0.4, 0.5) is 0 Å². The van der Waals surface area contributed by atoms with Gasteiger partial charge in [0, 0.05) is 19.3 Å². The van der Waals surface area contributed by atoms with Gasteiger partial charge in [-0.25, -0.2) is 4.99 Å². The number of halogens is 1. The first-order valence-electron chi connectivity index (χ1n) is 6.56. The Morgan fingerprint density at radius 3 is 2.68 bits per heavy atom. The second kappa shape index (κ2) is 10.00. The van der Waals surface area contributed by atoms with Gasteiger partial charge in [0.05, 0.1) is 12.2 Å². The van der Waals surface area contributed by atoms with E-state index in [0.717, 1.165) is 24.7 Å². The van der Waals surface area contributed by atoms with Gasteiger partial charge < -0.3 is 10.6 Å². The van der Waals surface area contributed by atoms with Crippen molar-refractivity contribution in [3.8, 4) is 0 Å². The zero-order valence-corrected chi connectivity index (χ0v) is 14.6. The summed E-state index contributed by atoms with van der Waals surface area (Å²) in [5.74, 6) is 1.46. The molecule has 108 valence electrons. The van der Waals surface area contributed by atoms with Crippen molar-refractivity contribution in [2.24, 2.45) is 10.9 Å². The SMILES string of the molecule is CCNC(=NCc1ncccc1C)NCC(C)C.I. The fourth-order valence-electron chi connectivity index (χ4n) is 1.48. The van der Waals surface area contributed by atoms with Gasteiger partial charge in [-0.2, -0.15) is 0 Å². The Morgan fingerprint density at radius 1 is 1.37 bits per heavy atom. The summed E-state index contributed by atoms with van der Waals surface area (Å²) < 4.78 is 0. The molecule has 1 heterocycles. The van der Waals surface area contributed by atoms with E-state index in [9.17, 15) is 0 Å². The fraction of sp³-hybridized carbons (Fsp3) is 0.571. The van der Waals surface area contributed by atoms with Crippen LogP contribution >= 0.6 is 24.0 Å². The topological polar surface area (TPSA) is 49.3 Å². The summed E-state index contributed by atoms with van der Waals surface area (Å²) in [5, 5.41) is 6.56. The van der Waals surface area contributed by atoms with Crippen LogP contribution in [0.2, 0.25) is 0 Å². The van der Waals surface area contributed by atoms with Crippen molar-refractivity contribution in [1.82, 2.24) is 15.6 Å². The average molecular weight is 376 g/mol. The smallest absolute Gasteiger partial charge is 0.191 e. The first-order valence-corrected chi connectivity index (χ1v) is 6.56. The first-order chi connectivity index (χ1) is 8.63. The van der Waals surface area contributed by atoms with Gasteiger partial charge in [-0.3, -0.25) is 4.98 Å². The highest BCUT2D eigenvalue weighted by molar-refractivity contribution is 14.0. The van der Waals surface area contributed by atoms with E-state index < -0.39 is 0 Å². The largest absolute Gasteiger partial charge is 0.357 e. The number of nitrogens with one attached hydrogen (secondary N) is 2. The zero-order valence-electron chi connectivity index (χ0n) is 12.2. The predicted octanol–water partition coefficient (Wildman–Crippen LogP) is 2.72. The third-order valence-electron chi connectivity index (χ3n) is 2.53. The van der Waals surface area contributed by atoms with Crippen LogP contribution < -0.4 is 10.6 Å². The van der Waals surface area contributed by atoms with Gasteiger partial charge in [-0.1, -0.05) is 19.9 Å². The number of guanidine groups is 1. The molecule has 0 radical (unpaired) electrons. The molecule has 0 bridgehead atoms. The van der Waals surface area contributed by atoms with E-state index in [1.165, 1.54) is 5.56 Å². The van der Waals surface area contributed by atoms with Crippen LogP contribution in [0.1, 0.15) is 32.0 Å². The number of pyridine rings is 1. The Balaban J connectivity index is 0.00000324. The molecule has 0 fully saturated rings. The maximum atomic E-state index is 4.55. The maximum Gasteiger partial charge on any atom is 0.191 e. The van der Waals surface area contributed by atoms with E-state index in [1.807, 2.05) is 12.3 Å². The minimum Gasteiger partial charge on any atom is -0.357 e. The Morgan fingerprint density at radius 2 is 2.11 bits per heavy atom. The lowest BCUT2D eigenvalue weighted by molar-refractivity contribution is 0.614. The standard InChI is InChI=1S/C14H24N4.HI/c1-5-15-14(17-9-11(2)3)18-10-13-12(4)7-6-8-16-13;/h6-8,11H,5,9-10H2,1-4H3,(H2,15,17,18);1H. The molecule has 0 spiro atoms. The van der Waals surface area contributed by atoms with Gasteiger partial charge >= 0.3 is 0 Å². The molecule has 0 aromatic carbocycles. The van der Waals surface area contributed by atoms with E-state index in [-0.39, 0.29) is 24.0 Å². The molecular formula is C14H25IN4. The zero-order chi connectivity index (χ0) is 13.4. The van der Waals surface area contributed by atoms with Crippen LogP contribution in [0.5, 0.6) is 0 Å². The third-order valence-corrected chi connectivity index (χ3v) is 2.53. The van der Waals surface area contributed by atoms with Gasteiger partial charge in [-0.05, 0) is 31.4 Å². The summed E-state index contributed by atoms with van der Waals surface area (Å²) in [6, 6.07) is 4.01. The summed E-state index contributed by atoms with van der Waals surface area (Å²) in [4.78, 5) is 8.89. The van der Waals surface area contributed by atoms with Gasteiger partial charge in [-0.15, -0.1) is 24.0 Å². The molecule has 0 aliphatic heterocycles. The molecule has 4 nitrogen and oxygen atoms in total. The third kappa shape index (κ3) is 7.34. The molecular weight excluding hydrogens is 351 g/mol. The average Bonchev–Trinajstić information content (AvgIpc) is 2.34. The lowest BCUT2D eigenvalue weighted by Gasteiger charge is -2.13. The van der Waals surface area contributed by atoms with Gasteiger partial charge in [0.15, 0.2) is 5.96 Å². The van der Waals surface area contributed by atoms with Crippen LogP contribution in [0.15, 0.2) is 23.3 Å². The number of aliphatic imine (C=N–C) groups is 1. The van der Waals surface area contributed by atoms with Crippen LogP contribution in [0.3, 0.4) is 0 Å². The van der Waals surface area contributed by atoms with Crippen molar-refractivity contribution in [3.63, 3.8) is 0 Å². The lowest BCUT2D eigenvalue weighted by atomic mass is 10.2. The van der Waals surface area contributed by atoms with Crippen LogP contribution in [-0.2, 0) is 6.54 Å². The van der Waals surface area contributed by atoms with Crippen molar-refractivity contribution >= 4 is 29.9 Å². The minimum absolute atomic E-state index is 0. The molecule has 0 aliphatic carbocycles. The van der Waals surface area contributed by atoms with Crippen molar-refractivity contribution in [2.45, 2.75) is 34.2 Å². The maximum absolute atomic E-state index is 4.55. The highest BCUT2D eigenvalue weighted by atomic mass is 127. The molecule has 1 aromatic rings. The van der Waals surface area contributed by atoms with Gasteiger partial charge in [0.1, 0.15) is 0 Å². The highest BCUT2D eigenvalue weighted by Crippen LogP contribution is 2.04. The quantitative estimate of drug-likeness (QED) is 0.472. The lowest BCUT2D eigenvalue weighted by Crippen LogP contribution is -2.39. The van der Waals surface area contributed by atoms with E-state index >= 15 is 0 Å². The summed E-state index contributed by atoms with van der Waals surface area (Å²) >= 11 is 0. The first kappa shape index (κ1) is 18.1. The second-order valence-electron chi connectivity index (χ2n) is 4.74. The molecule has 1 rings (SSSR count). The van der Waals surface area contributed by atoms with Crippen LogP contribution in [-0.4, -0.2) is 24.0 Å². The molecule has 0 atom stereocenters. The molecule has 5 heteroatoms. The van der Waals surface area contributed by atoms with Crippen molar-refractivity contribution in [3.05, 3.63) is 29.6 Å². The number of nitrogens with zero attached hydrogens (tertiary/aromatic N) is 2. The summed E-state index contributed by atoms with van der Waals surface area (Å²) in [5.41, 5.74) is 2.21. The van der Waals surface area contributed by atoms with Crippen LogP contribution in [0.25, 0.3) is 0 Å². The van der Waals surface area contributed by atoms with Crippen molar-refractivity contribution in [1.29, 1.82) is 0 Å². The van der Waals surface area contributed by atoms with E-state index in [2.05, 4.69) is 54.4 Å². The van der Waals surface area contributed by atoms with Crippen molar-refractivity contribution < 1.29 is 0 Å². The molecule has 0 unspecified atom stereocenters. The summed E-state index contributed by atoms with van der Waals surface area (Å²) in [6.45, 7) is 10.9. The molecule has 0 amide bonds. The summed E-state index contributed by atoms with van der Waals surface area (Å²) in [7, 11) is 0. The van der Waals surface area contributed by atoms with E-state index in [4.69, 9.17) is 0 Å². The molecule has 1 aromatic heterocycles. The number of aromatic nitrogens is 1. The predicted molar refractivity (Wildman–Crippen MR) is 92.0 cm³/mol. The van der Waals surface area contributed by atoms with E-state index in [1.54, 1.807) is 0 Å². The van der Waals surface area contributed by atoms with Crippen LogP contribution in [0, 0.1) is 12.8 Å². The van der Waals surface area contributed by atoms with Gasteiger partial charge in [0.2, 0.25) is 0 Å². The fourth-order valence-corrected chi connectivity index (χ4v) is 1.48. The molecule has 0 saturated carbocycles. The van der Waals surface area contributed by atoms with Crippen molar-refractivity contribution in [2.75, 3.05) is 13.1 Å². The Hall–Kier alpha value is -0.850. The number of rotatable bonds is 5. The number of hydrogen-bond acceptors (Lipinski definition) is 2. The Labute approximate surface area is 133 Å².